The second-order valence-corrected chi connectivity index (χ2v) is 36.3. The fraction of sp³-hybridized carbons (Fsp3) is 0.167. The molecule has 2 aliphatic carbocycles. The number of piperidine rings is 1. The van der Waals surface area contributed by atoms with Gasteiger partial charge in [-0.05, 0) is 137 Å². The van der Waals surface area contributed by atoms with E-state index in [0.717, 1.165) is 72.5 Å². The molecule has 4 atom stereocenters. The number of carbonyl (C=O) groups is 4. The van der Waals surface area contributed by atoms with Crippen molar-refractivity contribution in [3.63, 3.8) is 0 Å². The Balaban J connectivity index is 0.000000175. The van der Waals surface area contributed by atoms with E-state index in [0.29, 0.717) is 77.7 Å². The van der Waals surface area contributed by atoms with E-state index in [-0.39, 0.29) is 77.3 Å². The maximum Gasteiger partial charge on any atom is 0.274 e. The molecule has 1 saturated carbocycles. The molecule has 9 aromatic rings. The Morgan fingerprint density at radius 3 is 1.72 bits per heavy atom. The van der Waals surface area contributed by atoms with E-state index >= 15 is 0 Å². The molecule has 2 aromatic heterocycles. The predicted molar refractivity (Wildman–Crippen MR) is 357 cm³/mol. The van der Waals surface area contributed by atoms with Crippen molar-refractivity contribution in [1.29, 1.82) is 0 Å². The van der Waals surface area contributed by atoms with Crippen molar-refractivity contribution in [3.05, 3.63) is 214 Å². The van der Waals surface area contributed by atoms with E-state index in [1.807, 2.05) is 102 Å². The number of allylic oxidation sites excluding steroid dienone is 1. The number of nitrogens with zero attached hydrogens (tertiary/aromatic N) is 2. The van der Waals surface area contributed by atoms with Crippen LogP contribution in [0.3, 0.4) is 0 Å². The van der Waals surface area contributed by atoms with Crippen LogP contribution in [-0.2, 0) is 18.3 Å². The Labute approximate surface area is 531 Å². The number of hydrogen-bond acceptors (Lipinski definition) is 8. The average Bonchev–Trinajstić information content (AvgIpc) is 2.09. The predicted octanol–water partition coefficient (Wildman–Crippen LogP) is 11.7. The van der Waals surface area contributed by atoms with Crippen molar-refractivity contribution in [2.45, 2.75) is 36.7 Å². The minimum Gasteiger partial charge on any atom is -0.507 e. The number of carbonyl (C=O) groups excluding carboxylic acids is 4. The topological polar surface area (TPSA) is 199 Å². The molecule has 13 rings (SSSR count). The first-order chi connectivity index (χ1) is 37.8. The van der Waals surface area contributed by atoms with E-state index in [2.05, 4.69) is 90.5 Å². The van der Waals surface area contributed by atoms with Gasteiger partial charge in [0.2, 0.25) is 0 Å². The summed E-state index contributed by atoms with van der Waals surface area (Å²) in [4.78, 5) is 62.7. The van der Waals surface area contributed by atoms with E-state index in [4.69, 9.17) is 23.1 Å². The van der Waals surface area contributed by atoms with Crippen molar-refractivity contribution in [3.8, 4) is 5.75 Å². The Morgan fingerprint density at radius 1 is 0.671 bits per heavy atom. The molecule has 19 heteroatoms. The van der Waals surface area contributed by atoms with Crippen molar-refractivity contribution < 1.29 is 42.6 Å². The van der Waals surface area contributed by atoms with Crippen LogP contribution in [0.25, 0.3) is 32.6 Å². The fourth-order valence-corrected chi connectivity index (χ4v) is 11.7. The number of amides is 2. The first-order valence-electron chi connectivity index (χ1n) is 24.7. The van der Waals surface area contributed by atoms with Gasteiger partial charge in [-0.1, -0.05) is 60.7 Å². The van der Waals surface area contributed by atoms with Gasteiger partial charge in [0.15, 0.2) is 11.6 Å². The Kier molecular flexibility index (Phi) is 19.3. The molecule has 4 heterocycles. The van der Waals surface area contributed by atoms with Crippen LogP contribution in [0.2, 0.25) is 0 Å². The second-order valence-electron chi connectivity index (χ2n) is 19.7. The third-order valence-electron chi connectivity index (χ3n) is 15.2. The number of aromatic amines is 2. The molecular weight excluding hydrogens is 1700 g/mol. The number of likely N-dealkylation sites (tertiary alicyclic amines) is 1. The van der Waals surface area contributed by atoms with Crippen molar-refractivity contribution in [1.82, 2.24) is 14.9 Å². The second kappa shape index (κ2) is 25.6. The maximum atomic E-state index is 13.7. The number of halogens is 7. The number of nitrogens with two attached hydrogens (primary N) is 2. The monoisotopic (exact) mass is 1750 g/mol. The van der Waals surface area contributed by atoms with Crippen LogP contribution < -0.4 is 29.6 Å². The number of phenols is 1. The molecule has 12 nitrogen and oxygen atoms in total. The molecule has 1 saturated heterocycles. The number of aromatic hydroxyl groups is 1. The fourth-order valence-electron chi connectivity index (χ4n) is 11.5. The summed E-state index contributed by atoms with van der Waals surface area (Å²) < 4.78 is 0. The normalized spacial score (nSPS) is 18.1. The Bertz CT molecular complexity index is 3830. The Morgan fingerprint density at radius 2 is 1.18 bits per heavy atom. The number of aromatic nitrogens is 2. The molecule has 8 N–H and O–H groups in total. The number of Topliss-reactive ketones (excluding diaryl/α,β-unsaturated/α-hetero) is 2. The number of ketones is 2. The molecule has 0 bridgehead atoms. The van der Waals surface area contributed by atoms with Gasteiger partial charge in [-0.3, -0.25) is 19.2 Å². The number of nitrogen functional groups attached to an aromatic ring is 2. The minimum atomic E-state index is -0.708. The summed E-state index contributed by atoms with van der Waals surface area (Å²) in [5, 5.41) is 24.8. The molecule has 406 valence electrons. The Hall–Kier alpha value is -4.07. The van der Waals surface area contributed by atoms with Crippen LogP contribution in [-0.4, -0.2) is 67.4 Å². The molecule has 7 aromatic carbocycles. The summed E-state index contributed by atoms with van der Waals surface area (Å²) in [5.74, 6) is 0.579. The van der Waals surface area contributed by atoms with Crippen LogP contribution >= 0.6 is 110 Å². The van der Waals surface area contributed by atoms with Gasteiger partial charge >= 0.3 is 50.5 Å². The van der Waals surface area contributed by atoms with Crippen LogP contribution in [0.5, 0.6) is 5.75 Å². The smallest absolute Gasteiger partial charge is 0.274 e. The number of phenolic OH excluding ortho intramolecular Hbond substituents is 1. The summed E-state index contributed by atoms with van der Waals surface area (Å²) in [5.41, 5.74) is 22.8. The molecule has 0 radical (unpaired) electrons. The molecule has 4 aliphatic rings. The van der Waals surface area contributed by atoms with Gasteiger partial charge in [0.05, 0.1) is 11.8 Å². The molecule has 2 amide bonds. The molecular formula is C60H50ClI6N6O6-. The molecule has 1 spiro atoms. The van der Waals surface area contributed by atoms with Gasteiger partial charge in [-0.2, -0.15) is 0 Å². The number of aliphatic hydroxyl groups excluding tert-OH is 1. The number of alkyl halides is 1. The molecule has 2 aliphatic heterocycles. The van der Waals surface area contributed by atoms with Gasteiger partial charge in [0.1, 0.15) is 17.1 Å². The minimum absolute atomic E-state index is 0. The summed E-state index contributed by atoms with van der Waals surface area (Å²) in [6.07, 6.45) is 2.69. The third kappa shape index (κ3) is 11.9. The number of nitrogens with one attached hydrogen (secondary N) is 2. The van der Waals surface area contributed by atoms with E-state index in [1.54, 1.807) is 59.5 Å². The van der Waals surface area contributed by atoms with E-state index in [1.165, 1.54) is 0 Å². The van der Waals surface area contributed by atoms with Gasteiger partial charge < -0.3 is 41.4 Å². The van der Waals surface area contributed by atoms with E-state index < -0.39 is 6.10 Å². The van der Waals surface area contributed by atoms with Crippen LogP contribution in [0, 0.1) is 5.92 Å². The zero-order valence-corrected chi connectivity index (χ0v) is 55.6. The van der Waals surface area contributed by atoms with Crippen molar-refractivity contribution in [2.75, 3.05) is 35.3 Å². The van der Waals surface area contributed by atoms with Crippen molar-refractivity contribution in [2.24, 2.45) is 5.92 Å². The number of anilines is 3. The number of H-pyrrole nitrogens is 2. The number of rotatable bonds is 9. The van der Waals surface area contributed by atoms with Crippen LogP contribution in [0.4, 0.5) is 17.1 Å². The first-order valence-corrected chi connectivity index (χ1v) is 44.1. The van der Waals surface area contributed by atoms with Gasteiger partial charge in [0.25, 0.3) is 11.8 Å². The number of fused-ring (bicyclic) bond motifs is 6. The zero-order chi connectivity index (χ0) is 55.0. The number of hydrogen-bond donors (Lipinski definition) is 6. The van der Waals surface area contributed by atoms with Crippen LogP contribution in [0.15, 0.2) is 163 Å². The van der Waals surface area contributed by atoms with Crippen molar-refractivity contribution >= 4 is 183 Å². The van der Waals surface area contributed by atoms with Gasteiger partial charge in [-0.25, -0.2) is 0 Å². The van der Waals surface area contributed by atoms with Gasteiger partial charge in [0, 0.05) is 142 Å². The summed E-state index contributed by atoms with van der Waals surface area (Å²) in [7, 11) is 0. The largest absolute Gasteiger partial charge is 0.507 e. The van der Waals surface area contributed by atoms with Gasteiger partial charge in [-0.15, -0.1) is 35.6 Å². The molecule has 79 heavy (non-hydrogen) atoms. The molecule has 2 fully saturated rings. The summed E-state index contributed by atoms with van der Waals surface area (Å²) >= 11 is 15.9. The molecule has 1 unspecified atom stereocenters. The SMILES string of the molecule is I.II.I[I-]I.Nc1ccc(C(=O)Cc2ccc3[nH]c(C(=O)N4C[C@@H](CCl)c5c4cc(O)c4ccccc54)cc3c2)cc1.Nc1ccc(C(=O)Cc2ccc3[nH]c(C(=O)N4C[C@H]5C[C@@]56C4=CC(O)c4ccccc46)cc3c2)cc1. The number of benzene rings is 7. The third-order valence-corrected chi connectivity index (χ3v) is 15.6. The zero-order valence-electron chi connectivity index (χ0n) is 41.7. The maximum absolute atomic E-state index is 13.7. The van der Waals surface area contributed by atoms with E-state index in [9.17, 15) is 29.4 Å². The first kappa shape index (κ1) is 59.5. The summed E-state index contributed by atoms with van der Waals surface area (Å²) in [6, 6.07) is 46.3. The quantitative estimate of drug-likeness (QED) is 0.0355. The average molecular weight is 1750 g/mol. The van der Waals surface area contributed by atoms with Crippen LogP contribution in [0.1, 0.15) is 88.0 Å². The number of aliphatic hydroxyl groups is 1. The summed E-state index contributed by atoms with van der Waals surface area (Å²) in [6.45, 7) is 1.09. The standard InChI is InChI=1S/C30H24ClN3O3.C30H25N3O3.I3.I2.HI/c31-15-20-16-34(26-14-28(36)22-3-1-2-4-23(22)29(20)26)30(37)25-13-19-11-17(5-10-24(19)33-25)12-27(35)18-6-8-21(32)9-7-18;31-21-8-6-18(7-9-21)26(34)12-17-5-10-24-19(11-17)13-25(32-24)29(36)33-16-20-15-30(20)23-4-2-1-3-22(23)27(35)14-28(30)33;1-3-2;1-2;/h1-11,13-14,20,33,36H,12,15-16,32H2;1-11,13-14,20,27,32,35H,12,15-16,31H2;;;1H/q;;-1;;/t20-;20-,27?,30-;;;/m11.../s1.